The summed E-state index contributed by atoms with van der Waals surface area (Å²) in [7, 11) is 0. The van der Waals surface area contributed by atoms with Gasteiger partial charge in [0.1, 0.15) is 5.39 Å². The third kappa shape index (κ3) is 4.88. The minimum absolute atomic E-state index is 0.0640. The molecule has 2 heterocycles. The highest BCUT2D eigenvalue weighted by Gasteiger charge is 2.13. The topological polar surface area (TPSA) is 81.8 Å². The van der Waals surface area contributed by atoms with Gasteiger partial charge in [0.25, 0.3) is 5.56 Å². The van der Waals surface area contributed by atoms with Crippen LogP contribution in [0.5, 0.6) is 0 Å². The molecule has 2 aromatic heterocycles. The lowest BCUT2D eigenvalue weighted by atomic mass is 10.1. The lowest BCUT2D eigenvalue weighted by Gasteiger charge is -2.14. The fourth-order valence-electron chi connectivity index (χ4n) is 3.54. The van der Waals surface area contributed by atoms with Gasteiger partial charge in [-0.05, 0) is 37.5 Å². The summed E-state index contributed by atoms with van der Waals surface area (Å²) in [6, 6.07) is 19.8. The molecule has 0 aliphatic rings. The largest absolute Gasteiger partial charge is 0.354 e. The molecule has 4 aromatic rings. The lowest BCUT2D eigenvalue weighted by Crippen LogP contribution is -2.34. The van der Waals surface area contributed by atoms with Crippen molar-refractivity contribution in [1.82, 2.24) is 24.6 Å². The maximum Gasteiger partial charge on any atom is 0.264 e. The van der Waals surface area contributed by atoms with Crippen molar-refractivity contribution in [2.24, 2.45) is 0 Å². The van der Waals surface area contributed by atoms with Gasteiger partial charge < -0.3 is 5.32 Å². The Morgan fingerprint density at radius 3 is 2.52 bits per heavy atom. The summed E-state index contributed by atoms with van der Waals surface area (Å²) in [6.45, 7) is 2.27. The smallest absolute Gasteiger partial charge is 0.264 e. The molecule has 1 amide bonds. The first kappa shape index (κ1) is 20.5. The Morgan fingerprint density at radius 2 is 1.77 bits per heavy atom. The van der Waals surface area contributed by atoms with Gasteiger partial charge >= 0.3 is 0 Å². The van der Waals surface area contributed by atoms with E-state index in [2.05, 4.69) is 27.5 Å². The van der Waals surface area contributed by atoms with E-state index >= 15 is 0 Å². The van der Waals surface area contributed by atoms with Crippen LogP contribution in [0.4, 0.5) is 0 Å². The standard InChI is InChI=1S/C24H25N5O2/c1-18(12-13-19-8-4-2-5-9-19)27-22(30)14-15-28-17-25-23-21(24(28)31)16-26-29(23)20-10-6-3-7-11-20/h2-11,16-18H,12-15H2,1H3,(H,27,30). The van der Waals surface area contributed by atoms with E-state index in [1.165, 1.54) is 22.7 Å². The third-order valence-corrected chi connectivity index (χ3v) is 5.25. The van der Waals surface area contributed by atoms with E-state index in [0.717, 1.165) is 18.5 Å². The molecule has 0 spiro atoms. The van der Waals surface area contributed by atoms with Crippen molar-refractivity contribution in [2.45, 2.75) is 38.8 Å². The molecule has 0 bridgehead atoms. The Bertz CT molecular complexity index is 1220. The second kappa shape index (κ2) is 9.38. The van der Waals surface area contributed by atoms with Crippen molar-refractivity contribution < 1.29 is 4.79 Å². The Kier molecular flexibility index (Phi) is 6.21. The van der Waals surface area contributed by atoms with Gasteiger partial charge in [-0.3, -0.25) is 14.2 Å². The van der Waals surface area contributed by atoms with Gasteiger partial charge in [0.15, 0.2) is 5.65 Å². The van der Waals surface area contributed by atoms with Crippen molar-refractivity contribution >= 4 is 16.9 Å². The number of aryl methyl sites for hydroxylation is 2. The molecule has 1 atom stereocenters. The van der Waals surface area contributed by atoms with Crippen molar-refractivity contribution in [3.63, 3.8) is 0 Å². The summed E-state index contributed by atoms with van der Waals surface area (Å²) in [5, 5.41) is 7.75. The second-order valence-electron chi connectivity index (χ2n) is 7.62. The number of hydrogen-bond donors (Lipinski definition) is 1. The van der Waals surface area contributed by atoms with Crippen LogP contribution < -0.4 is 10.9 Å². The molecular formula is C24H25N5O2. The van der Waals surface area contributed by atoms with Crippen LogP contribution in [0.2, 0.25) is 0 Å². The van der Waals surface area contributed by atoms with Gasteiger partial charge in [0, 0.05) is 19.0 Å². The molecule has 7 nitrogen and oxygen atoms in total. The molecule has 1 unspecified atom stereocenters. The summed E-state index contributed by atoms with van der Waals surface area (Å²) < 4.78 is 3.11. The first-order chi connectivity index (χ1) is 15.1. The molecule has 7 heteroatoms. The number of nitrogens with one attached hydrogen (secondary N) is 1. The van der Waals surface area contributed by atoms with Gasteiger partial charge in [0.2, 0.25) is 5.91 Å². The monoisotopic (exact) mass is 415 g/mol. The van der Waals surface area contributed by atoms with E-state index in [4.69, 9.17) is 0 Å². The maximum absolute atomic E-state index is 12.8. The third-order valence-electron chi connectivity index (χ3n) is 5.25. The summed E-state index contributed by atoms with van der Waals surface area (Å²) >= 11 is 0. The zero-order chi connectivity index (χ0) is 21.6. The van der Waals surface area contributed by atoms with Crippen LogP contribution in [0, 0.1) is 0 Å². The van der Waals surface area contributed by atoms with Crippen molar-refractivity contribution in [3.05, 3.63) is 89.1 Å². The van der Waals surface area contributed by atoms with Gasteiger partial charge in [-0.2, -0.15) is 5.10 Å². The highest BCUT2D eigenvalue weighted by Crippen LogP contribution is 2.13. The lowest BCUT2D eigenvalue weighted by molar-refractivity contribution is -0.121. The molecule has 31 heavy (non-hydrogen) atoms. The summed E-state index contributed by atoms with van der Waals surface area (Å²) in [6.07, 6.45) is 5.00. The number of amides is 1. The van der Waals surface area contributed by atoms with E-state index in [-0.39, 0.29) is 30.5 Å². The van der Waals surface area contributed by atoms with Gasteiger partial charge in [-0.1, -0.05) is 48.5 Å². The van der Waals surface area contributed by atoms with Crippen LogP contribution in [0.3, 0.4) is 0 Å². The molecule has 0 saturated carbocycles. The summed E-state index contributed by atoms with van der Waals surface area (Å²) in [5.74, 6) is -0.0764. The number of benzene rings is 2. The van der Waals surface area contributed by atoms with Crippen LogP contribution in [-0.4, -0.2) is 31.3 Å². The molecule has 0 aliphatic heterocycles. The number of hydrogen-bond acceptors (Lipinski definition) is 4. The van der Waals surface area contributed by atoms with E-state index in [0.29, 0.717) is 11.0 Å². The van der Waals surface area contributed by atoms with Crippen molar-refractivity contribution in [2.75, 3.05) is 0 Å². The predicted molar refractivity (Wildman–Crippen MR) is 120 cm³/mol. The quantitative estimate of drug-likeness (QED) is 0.479. The number of carbonyl (C=O) groups is 1. The molecule has 4 rings (SSSR count). The van der Waals surface area contributed by atoms with Crippen LogP contribution in [0.25, 0.3) is 16.7 Å². The number of rotatable bonds is 8. The molecule has 0 saturated heterocycles. The normalized spacial score (nSPS) is 12.0. The zero-order valence-electron chi connectivity index (χ0n) is 17.4. The average Bonchev–Trinajstić information content (AvgIpc) is 3.23. The molecule has 0 radical (unpaired) electrons. The first-order valence-electron chi connectivity index (χ1n) is 10.4. The maximum atomic E-state index is 12.8. The Hall–Kier alpha value is -3.74. The fourth-order valence-corrected chi connectivity index (χ4v) is 3.54. The molecule has 2 aromatic carbocycles. The van der Waals surface area contributed by atoms with E-state index in [9.17, 15) is 9.59 Å². The van der Waals surface area contributed by atoms with Gasteiger partial charge in [-0.15, -0.1) is 0 Å². The number of fused-ring (bicyclic) bond motifs is 1. The minimum Gasteiger partial charge on any atom is -0.354 e. The minimum atomic E-state index is -0.197. The molecule has 1 N–H and O–H groups in total. The number of para-hydroxylation sites is 1. The fraction of sp³-hybridized carbons (Fsp3) is 0.250. The first-order valence-corrected chi connectivity index (χ1v) is 10.4. The Morgan fingerprint density at radius 1 is 1.06 bits per heavy atom. The number of carbonyl (C=O) groups excluding carboxylic acids is 1. The zero-order valence-corrected chi connectivity index (χ0v) is 17.4. The highest BCUT2D eigenvalue weighted by molar-refractivity contribution is 5.76. The molecule has 0 aliphatic carbocycles. The van der Waals surface area contributed by atoms with Crippen molar-refractivity contribution in [3.8, 4) is 5.69 Å². The second-order valence-corrected chi connectivity index (χ2v) is 7.62. The SMILES string of the molecule is CC(CCc1ccccc1)NC(=O)CCn1cnc2c(cnn2-c2ccccc2)c1=O. The summed E-state index contributed by atoms with van der Waals surface area (Å²) in [4.78, 5) is 29.6. The Labute approximate surface area is 180 Å². The number of nitrogens with zero attached hydrogens (tertiary/aromatic N) is 4. The van der Waals surface area contributed by atoms with Crippen LogP contribution in [0.1, 0.15) is 25.3 Å². The predicted octanol–water partition coefficient (Wildman–Crippen LogP) is 3.11. The molecule has 158 valence electrons. The highest BCUT2D eigenvalue weighted by atomic mass is 16.2. The van der Waals surface area contributed by atoms with Gasteiger partial charge in [-0.25, -0.2) is 9.67 Å². The number of aromatic nitrogens is 4. The van der Waals surface area contributed by atoms with Gasteiger partial charge in [0.05, 0.1) is 18.2 Å². The van der Waals surface area contributed by atoms with Crippen molar-refractivity contribution in [1.29, 1.82) is 0 Å². The van der Waals surface area contributed by atoms with Crippen LogP contribution in [-0.2, 0) is 17.8 Å². The van der Waals surface area contributed by atoms with E-state index < -0.39 is 0 Å². The molecular weight excluding hydrogens is 390 g/mol. The summed E-state index contributed by atoms with van der Waals surface area (Å²) in [5.41, 5.74) is 2.40. The van der Waals surface area contributed by atoms with Crippen LogP contribution in [0.15, 0.2) is 78.0 Å². The Balaban J connectivity index is 1.36. The van der Waals surface area contributed by atoms with E-state index in [1.807, 2.05) is 55.5 Å². The molecule has 0 fully saturated rings. The average molecular weight is 415 g/mol. The van der Waals surface area contributed by atoms with E-state index in [1.54, 1.807) is 4.68 Å². The van der Waals surface area contributed by atoms with Crippen LogP contribution >= 0.6 is 0 Å².